The fourth-order valence-corrected chi connectivity index (χ4v) is 2.04. The standard InChI is InChI=1S/C12H27NO/c1-5-8-9-10-12(6-2,7-3)13-11(4)14/h11,13-14H,5-10H2,1-4H3. The van der Waals surface area contributed by atoms with Crippen molar-refractivity contribution in [1.82, 2.24) is 5.32 Å². The van der Waals surface area contributed by atoms with E-state index in [2.05, 4.69) is 26.1 Å². The first-order chi connectivity index (χ1) is 6.60. The minimum atomic E-state index is -0.392. The normalized spacial score (nSPS) is 14.4. The minimum Gasteiger partial charge on any atom is -0.379 e. The van der Waals surface area contributed by atoms with Gasteiger partial charge < -0.3 is 5.11 Å². The summed E-state index contributed by atoms with van der Waals surface area (Å²) in [6.07, 6.45) is 6.80. The van der Waals surface area contributed by atoms with E-state index in [0.29, 0.717) is 0 Å². The van der Waals surface area contributed by atoms with Crippen molar-refractivity contribution in [3.05, 3.63) is 0 Å². The van der Waals surface area contributed by atoms with Crippen molar-refractivity contribution in [3.63, 3.8) is 0 Å². The molecule has 0 aliphatic heterocycles. The predicted molar refractivity (Wildman–Crippen MR) is 62.3 cm³/mol. The fraction of sp³-hybridized carbons (Fsp3) is 1.00. The van der Waals surface area contributed by atoms with Crippen LogP contribution in [0.4, 0.5) is 0 Å². The van der Waals surface area contributed by atoms with Crippen molar-refractivity contribution in [2.75, 3.05) is 0 Å². The zero-order chi connectivity index (χ0) is 11.0. The summed E-state index contributed by atoms with van der Waals surface area (Å²) in [5, 5.41) is 12.7. The number of hydrogen-bond donors (Lipinski definition) is 2. The number of nitrogens with one attached hydrogen (secondary N) is 1. The highest BCUT2D eigenvalue weighted by Crippen LogP contribution is 2.23. The number of aliphatic hydroxyl groups is 1. The highest BCUT2D eigenvalue weighted by Gasteiger charge is 2.25. The summed E-state index contributed by atoms with van der Waals surface area (Å²) in [5.74, 6) is 0. The Bertz CT molecular complexity index is 130. The lowest BCUT2D eigenvalue weighted by molar-refractivity contribution is 0.0949. The van der Waals surface area contributed by atoms with Gasteiger partial charge in [0.2, 0.25) is 0 Å². The number of rotatable bonds is 8. The molecule has 0 saturated heterocycles. The molecule has 0 aliphatic carbocycles. The SMILES string of the molecule is CCCCCC(CC)(CC)NC(C)O. The smallest absolute Gasteiger partial charge is 0.102 e. The van der Waals surface area contributed by atoms with Gasteiger partial charge in [-0.05, 0) is 26.2 Å². The van der Waals surface area contributed by atoms with E-state index < -0.39 is 6.23 Å². The van der Waals surface area contributed by atoms with Crippen molar-refractivity contribution < 1.29 is 5.11 Å². The Kier molecular flexibility index (Phi) is 7.20. The maximum absolute atomic E-state index is 9.40. The van der Waals surface area contributed by atoms with Crippen molar-refractivity contribution in [2.24, 2.45) is 0 Å². The van der Waals surface area contributed by atoms with Crippen LogP contribution in [0, 0.1) is 0 Å². The van der Waals surface area contributed by atoms with Gasteiger partial charge in [0.25, 0.3) is 0 Å². The molecular formula is C12H27NO. The molecule has 0 heterocycles. The Labute approximate surface area is 89.1 Å². The molecule has 0 saturated carbocycles. The molecule has 0 aromatic carbocycles. The monoisotopic (exact) mass is 201 g/mol. The number of aliphatic hydroxyl groups excluding tert-OH is 1. The van der Waals surface area contributed by atoms with Gasteiger partial charge >= 0.3 is 0 Å². The molecule has 1 atom stereocenters. The molecule has 0 rings (SSSR count). The molecular weight excluding hydrogens is 174 g/mol. The van der Waals surface area contributed by atoms with E-state index >= 15 is 0 Å². The van der Waals surface area contributed by atoms with Gasteiger partial charge in [-0.15, -0.1) is 0 Å². The van der Waals surface area contributed by atoms with Gasteiger partial charge in [-0.1, -0.05) is 40.0 Å². The second kappa shape index (κ2) is 7.24. The molecule has 0 bridgehead atoms. The lowest BCUT2D eigenvalue weighted by atomic mass is 9.86. The van der Waals surface area contributed by atoms with Crippen molar-refractivity contribution >= 4 is 0 Å². The lowest BCUT2D eigenvalue weighted by Gasteiger charge is -2.34. The first kappa shape index (κ1) is 13.9. The van der Waals surface area contributed by atoms with Gasteiger partial charge in [0.05, 0.1) is 0 Å². The van der Waals surface area contributed by atoms with E-state index in [9.17, 15) is 5.11 Å². The van der Waals surface area contributed by atoms with Crippen molar-refractivity contribution in [3.8, 4) is 0 Å². The summed E-state index contributed by atoms with van der Waals surface area (Å²) in [5.41, 5.74) is 0.156. The molecule has 1 unspecified atom stereocenters. The number of unbranched alkanes of at least 4 members (excludes halogenated alkanes) is 2. The van der Waals surface area contributed by atoms with E-state index in [4.69, 9.17) is 0 Å². The number of hydrogen-bond acceptors (Lipinski definition) is 2. The van der Waals surface area contributed by atoms with E-state index in [-0.39, 0.29) is 5.54 Å². The molecule has 0 radical (unpaired) electrons. The molecule has 0 spiro atoms. The Balaban J connectivity index is 4.07. The van der Waals surface area contributed by atoms with Gasteiger partial charge in [0, 0.05) is 5.54 Å². The second-order valence-electron chi connectivity index (χ2n) is 4.26. The van der Waals surface area contributed by atoms with Gasteiger partial charge in [0.1, 0.15) is 6.23 Å². The van der Waals surface area contributed by atoms with Crippen molar-refractivity contribution in [2.45, 2.75) is 78.0 Å². The summed E-state index contributed by atoms with van der Waals surface area (Å²) in [6, 6.07) is 0. The maximum Gasteiger partial charge on any atom is 0.102 e. The average molecular weight is 201 g/mol. The summed E-state index contributed by atoms with van der Waals surface area (Å²) >= 11 is 0. The third-order valence-corrected chi connectivity index (χ3v) is 3.13. The zero-order valence-electron chi connectivity index (χ0n) is 10.3. The van der Waals surface area contributed by atoms with Gasteiger partial charge in [-0.2, -0.15) is 0 Å². The summed E-state index contributed by atoms with van der Waals surface area (Å²) in [4.78, 5) is 0. The Morgan fingerprint density at radius 3 is 2.07 bits per heavy atom. The lowest BCUT2D eigenvalue weighted by Crippen LogP contribution is -2.48. The molecule has 0 amide bonds. The van der Waals surface area contributed by atoms with E-state index in [1.807, 2.05) is 0 Å². The predicted octanol–water partition coefficient (Wildman–Crippen LogP) is 3.05. The van der Waals surface area contributed by atoms with Crippen LogP contribution in [0.3, 0.4) is 0 Å². The molecule has 0 aromatic rings. The molecule has 2 N–H and O–H groups in total. The van der Waals surface area contributed by atoms with Crippen LogP contribution in [0.25, 0.3) is 0 Å². The van der Waals surface area contributed by atoms with E-state index in [1.54, 1.807) is 6.92 Å². The summed E-state index contributed by atoms with van der Waals surface area (Å²) < 4.78 is 0. The van der Waals surface area contributed by atoms with Crippen LogP contribution in [0.1, 0.15) is 66.2 Å². The molecule has 86 valence electrons. The first-order valence-corrected chi connectivity index (χ1v) is 6.06. The molecule has 2 nitrogen and oxygen atoms in total. The fourth-order valence-electron chi connectivity index (χ4n) is 2.04. The largest absolute Gasteiger partial charge is 0.379 e. The summed E-state index contributed by atoms with van der Waals surface area (Å²) in [7, 11) is 0. The van der Waals surface area contributed by atoms with Gasteiger partial charge in [-0.3, -0.25) is 5.32 Å². The average Bonchev–Trinajstić information content (AvgIpc) is 2.16. The van der Waals surface area contributed by atoms with Crippen LogP contribution in [0.2, 0.25) is 0 Å². The van der Waals surface area contributed by atoms with Crippen LogP contribution in [-0.4, -0.2) is 16.9 Å². The zero-order valence-corrected chi connectivity index (χ0v) is 10.3. The molecule has 0 aliphatic rings. The molecule has 0 fully saturated rings. The molecule has 2 heteroatoms. The van der Waals surface area contributed by atoms with Gasteiger partial charge in [-0.25, -0.2) is 0 Å². The third-order valence-electron chi connectivity index (χ3n) is 3.13. The van der Waals surface area contributed by atoms with E-state index in [0.717, 1.165) is 12.8 Å². The second-order valence-corrected chi connectivity index (χ2v) is 4.26. The Morgan fingerprint density at radius 1 is 1.14 bits per heavy atom. The summed E-state index contributed by atoms with van der Waals surface area (Å²) in [6.45, 7) is 8.43. The minimum absolute atomic E-state index is 0.156. The van der Waals surface area contributed by atoms with Crippen molar-refractivity contribution in [1.29, 1.82) is 0 Å². The van der Waals surface area contributed by atoms with Crippen LogP contribution in [-0.2, 0) is 0 Å². The quantitative estimate of drug-likeness (QED) is 0.467. The molecule has 14 heavy (non-hydrogen) atoms. The van der Waals surface area contributed by atoms with Crippen LogP contribution in [0.5, 0.6) is 0 Å². The molecule has 0 aromatic heterocycles. The maximum atomic E-state index is 9.40. The first-order valence-electron chi connectivity index (χ1n) is 6.06. The third kappa shape index (κ3) is 4.97. The highest BCUT2D eigenvalue weighted by atomic mass is 16.3. The topological polar surface area (TPSA) is 32.3 Å². The highest BCUT2D eigenvalue weighted by molar-refractivity contribution is 4.85. The Morgan fingerprint density at radius 2 is 1.71 bits per heavy atom. The van der Waals surface area contributed by atoms with E-state index in [1.165, 1.54) is 25.7 Å². The van der Waals surface area contributed by atoms with Crippen LogP contribution < -0.4 is 5.32 Å². The Hall–Kier alpha value is -0.0800. The van der Waals surface area contributed by atoms with Crippen LogP contribution >= 0.6 is 0 Å². The van der Waals surface area contributed by atoms with Gasteiger partial charge in [0.15, 0.2) is 0 Å². The van der Waals surface area contributed by atoms with Crippen LogP contribution in [0.15, 0.2) is 0 Å².